The first kappa shape index (κ1) is 19.3. The minimum atomic E-state index is 0.160. The van der Waals surface area contributed by atoms with Crippen LogP contribution in [-0.4, -0.2) is 15.7 Å². The Morgan fingerprint density at radius 2 is 2.00 bits per heavy atom. The monoisotopic (exact) mass is 368 g/mol. The maximum Gasteiger partial charge on any atom is 0.0946 e. The van der Waals surface area contributed by atoms with Gasteiger partial charge in [0.2, 0.25) is 0 Å². The second kappa shape index (κ2) is 10.8. The number of ether oxygens (including phenoxy) is 1. The van der Waals surface area contributed by atoms with E-state index in [1.54, 1.807) is 12.3 Å². The minimum absolute atomic E-state index is 0.160. The summed E-state index contributed by atoms with van der Waals surface area (Å²) >= 11 is 12.2. The first-order chi connectivity index (χ1) is 11.7. The van der Waals surface area contributed by atoms with Crippen molar-refractivity contribution in [1.82, 2.24) is 9.55 Å². The minimum Gasteiger partial charge on any atom is -0.372 e. The van der Waals surface area contributed by atoms with Crippen LogP contribution in [-0.2, 0) is 17.9 Å². The zero-order chi connectivity index (χ0) is 17.2. The molecule has 0 amide bonds. The van der Waals surface area contributed by atoms with Crippen molar-refractivity contribution in [3.8, 4) is 0 Å². The van der Waals surface area contributed by atoms with Gasteiger partial charge >= 0.3 is 0 Å². The van der Waals surface area contributed by atoms with Gasteiger partial charge in [-0.15, -0.1) is 0 Å². The third-order valence-corrected chi connectivity index (χ3v) is 4.68. The number of rotatable bonds is 11. The highest BCUT2D eigenvalue weighted by Crippen LogP contribution is 2.23. The summed E-state index contributed by atoms with van der Waals surface area (Å²) < 4.78 is 8.22. The van der Waals surface area contributed by atoms with Gasteiger partial charge in [-0.25, -0.2) is 4.98 Å². The molecule has 0 bridgehead atoms. The SMILES string of the molecule is CCCCCCCC(Cn1ccnc1)OCc1ccc(Cl)cc1Cl. The van der Waals surface area contributed by atoms with Crippen molar-refractivity contribution in [1.29, 1.82) is 0 Å². The maximum atomic E-state index is 6.24. The van der Waals surface area contributed by atoms with Crippen LogP contribution in [0.15, 0.2) is 36.9 Å². The molecule has 0 saturated carbocycles. The number of unbranched alkanes of at least 4 members (excludes halogenated alkanes) is 4. The van der Waals surface area contributed by atoms with Crippen molar-refractivity contribution in [2.75, 3.05) is 0 Å². The fourth-order valence-corrected chi connectivity index (χ4v) is 3.14. The molecule has 0 radical (unpaired) electrons. The maximum absolute atomic E-state index is 6.24. The summed E-state index contributed by atoms with van der Waals surface area (Å²) in [5.74, 6) is 0. The zero-order valence-corrected chi connectivity index (χ0v) is 15.8. The molecular weight excluding hydrogens is 343 g/mol. The highest BCUT2D eigenvalue weighted by molar-refractivity contribution is 6.35. The molecule has 0 aliphatic heterocycles. The number of hydrogen-bond acceptors (Lipinski definition) is 2. The summed E-state index contributed by atoms with van der Waals surface area (Å²) in [7, 11) is 0. The van der Waals surface area contributed by atoms with E-state index in [2.05, 4.69) is 16.5 Å². The second-order valence-electron chi connectivity index (χ2n) is 6.13. The number of halogens is 2. The zero-order valence-electron chi connectivity index (χ0n) is 14.3. The van der Waals surface area contributed by atoms with Gasteiger partial charge in [0.05, 0.1) is 19.0 Å². The molecule has 132 valence electrons. The Kier molecular flexibility index (Phi) is 8.65. The molecule has 2 rings (SSSR count). The molecule has 3 nitrogen and oxygen atoms in total. The summed E-state index contributed by atoms with van der Waals surface area (Å²) in [6.07, 6.45) is 13.2. The lowest BCUT2D eigenvalue weighted by molar-refractivity contribution is 0.0221. The molecule has 1 unspecified atom stereocenters. The van der Waals surface area contributed by atoms with Gasteiger partial charge in [0.25, 0.3) is 0 Å². The third kappa shape index (κ3) is 6.84. The summed E-state index contributed by atoms with van der Waals surface area (Å²) in [5, 5.41) is 1.31. The molecule has 0 aliphatic carbocycles. The van der Waals surface area contributed by atoms with Crippen molar-refractivity contribution in [2.24, 2.45) is 0 Å². The average molecular weight is 369 g/mol. The molecule has 0 spiro atoms. The molecule has 0 fully saturated rings. The lowest BCUT2D eigenvalue weighted by Crippen LogP contribution is -2.19. The Balaban J connectivity index is 1.86. The van der Waals surface area contributed by atoms with Gasteiger partial charge in [0.15, 0.2) is 0 Å². The number of imidazole rings is 1. The summed E-state index contributed by atoms with van der Waals surface area (Å²) in [6, 6.07) is 5.54. The molecular formula is C19H26Cl2N2O. The second-order valence-corrected chi connectivity index (χ2v) is 6.97. The Labute approximate surface area is 154 Å². The van der Waals surface area contributed by atoms with Gasteiger partial charge in [-0.3, -0.25) is 0 Å². The van der Waals surface area contributed by atoms with Gasteiger partial charge in [0, 0.05) is 29.0 Å². The van der Waals surface area contributed by atoms with Crippen LogP contribution in [0.2, 0.25) is 10.0 Å². The van der Waals surface area contributed by atoms with E-state index in [0.29, 0.717) is 16.7 Å². The van der Waals surface area contributed by atoms with Crippen molar-refractivity contribution in [3.63, 3.8) is 0 Å². The van der Waals surface area contributed by atoms with Crippen molar-refractivity contribution in [2.45, 2.75) is 64.7 Å². The molecule has 1 heterocycles. The predicted octanol–water partition coefficient (Wildman–Crippen LogP) is 6.14. The van der Waals surface area contributed by atoms with Crippen LogP contribution in [0.25, 0.3) is 0 Å². The normalized spacial score (nSPS) is 12.5. The van der Waals surface area contributed by atoms with Crippen LogP contribution < -0.4 is 0 Å². The van der Waals surface area contributed by atoms with E-state index in [9.17, 15) is 0 Å². The van der Waals surface area contributed by atoms with Crippen molar-refractivity contribution < 1.29 is 4.74 Å². The third-order valence-electron chi connectivity index (χ3n) is 4.09. The Morgan fingerprint density at radius 3 is 2.71 bits per heavy atom. The molecule has 0 aliphatic rings. The Hall–Kier alpha value is -1.03. The molecule has 0 saturated heterocycles. The fraction of sp³-hybridized carbons (Fsp3) is 0.526. The van der Waals surface area contributed by atoms with E-state index in [0.717, 1.165) is 18.5 Å². The van der Waals surface area contributed by atoms with E-state index in [1.165, 1.54) is 32.1 Å². The molecule has 1 atom stereocenters. The van der Waals surface area contributed by atoms with Gasteiger partial charge in [-0.1, -0.05) is 68.3 Å². The highest BCUT2D eigenvalue weighted by atomic mass is 35.5. The van der Waals surface area contributed by atoms with Gasteiger partial charge in [0.1, 0.15) is 0 Å². The van der Waals surface area contributed by atoms with E-state index in [4.69, 9.17) is 27.9 Å². The van der Waals surface area contributed by atoms with Gasteiger partial charge in [-0.2, -0.15) is 0 Å². The number of nitrogens with zero attached hydrogens (tertiary/aromatic N) is 2. The molecule has 24 heavy (non-hydrogen) atoms. The summed E-state index contributed by atoms with van der Waals surface area (Å²) in [4.78, 5) is 4.11. The Morgan fingerprint density at radius 1 is 1.17 bits per heavy atom. The molecule has 1 aromatic heterocycles. The van der Waals surface area contributed by atoms with Gasteiger partial charge in [-0.05, 0) is 24.1 Å². The van der Waals surface area contributed by atoms with Gasteiger partial charge < -0.3 is 9.30 Å². The summed E-state index contributed by atoms with van der Waals surface area (Å²) in [5.41, 5.74) is 0.975. The van der Waals surface area contributed by atoms with Crippen LogP contribution in [0.5, 0.6) is 0 Å². The van der Waals surface area contributed by atoms with Crippen molar-refractivity contribution >= 4 is 23.2 Å². The van der Waals surface area contributed by atoms with Crippen LogP contribution in [0.3, 0.4) is 0 Å². The number of aromatic nitrogens is 2. The van der Waals surface area contributed by atoms with Crippen LogP contribution in [0.1, 0.15) is 51.0 Å². The first-order valence-corrected chi connectivity index (χ1v) is 9.46. The summed E-state index contributed by atoms with van der Waals surface area (Å²) in [6.45, 7) is 3.56. The van der Waals surface area contributed by atoms with Crippen LogP contribution >= 0.6 is 23.2 Å². The topological polar surface area (TPSA) is 27.1 Å². The predicted molar refractivity (Wildman–Crippen MR) is 101 cm³/mol. The standard InChI is InChI=1S/C19H26Cl2N2O/c1-2-3-4-5-6-7-18(13-23-11-10-22-15-23)24-14-16-8-9-17(20)12-19(16)21/h8-12,15,18H,2-7,13-14H2,1H3. The molecule has 5 heteroatoms. The van der Waals surface area contributed by atoms with E-state index >= 15 is 0 Å². The quantitative estimate of drug-likeness (QED) is 0.445. The van der Waals surface area contributed by atoms with Crippen LogP contribution in [0.4, 0.5) is 0 Å². The number of hydrogen-bond donors (Lipinski definition) is 0. The smallest absolute Gasteiger partial charge is 0.0946 e. The van der Waals surface area contributed by atoms with Crippen LogP contribution in [0, 0.1) is 0 Å². The van der Waals surface area contributed by atoms with E-state index in [-0.39, 0.29) is 6.10 Å². The highest BCUT2D eigenvalue weighted by Gasteiger charge is 2.12. The molecule has 1 aromatic carbocycles. The van der Waals surface area contributed by atoms with Crippen molar-refractivity contribution in [3.05, 3.63) is 52.5 Å². The fourth-order valence-electron chi connectivity index (χ4n) is 2.68. The van der Waals surface area contributed by atoms with E-state index in [1.807, 2.05) is 24.7 Å². The average Bonchev–Trinajstić information content (AvgIpc) is 3.06. The lowest BCUT2D eigenvalue weighted by atomic mass is 10.1. The lowest BCUT2D eigenvalue weighted by Gasteiger charge is -2.19. The molecule has 0 N–H and O–H groups in total. The Bertz CT molecular complexity index is 587. The number of benzene rings is 1. The molecule has 2 aromatic rings. The van der Waals surface area contributed by atoms with E-state index < -0.39 is 0 Å². The first-order valence-electron chi connectivity index (χ1n) is 8.70. The largest absolute Gasteiger partial charge is 0.372 e.